The lowest BCUT2D eigenvalue weighted by atomic mass is 10.0. The number of piperidine rings is 1. The lowest BCUT2D eigenvalue weighted by Crippen LogP contribution is -2.51. The van der Waals surface area contributed by atoms with Crippen LogP contribution in [0.1, 0.15) is 33.1 Å². The number of fused-ring (bicyclic) bond motifs is 1. The number of hydrogen-bond donors (Lipinski definition) is 2. The summed E-state index contributed by atoms with van der Waals surface area (Å²) in [5, 5.41) is 2.79. The maximum Gasteiger partial charge on any atom is 0.262 e. The van der Waals surface area contributed by atoms with Crippen molar-refractivity contribution in [1.29, 1.82) is 0 Å². The van der Waals surface area contributed by atoms with Gasteiger partial charge in [0.15, 0.2) is 5.49 Å². The molecule has 0 bridgehead atoms. The van der Waals surface area contributed by atoms with Crippen LogP contribution in [0.4, 0.5) is 11.6 Å². The molecule has 2 aliphatic rings. The monoisotopic (exact) mass is 423 g/mol. The van der Waals surface area contributed by atoms with Crippen molar-refractivity contribution in [2.24, 2.45) is 10.9 Å². The van der Waals surface area contributed by atoms with Crippen LogP contribution in [0.15, 0.2) is 34.1 Å². The van der Waals surface area contributed by atoms with Crippen LogP contribution in [0, 0.1) is 5.92 Å². The smallest absolute Gasteiger partial charge is 0.262 e. The van der Waals surface area contributed by atoms with E-state index in [-0.39, 0.29) is 22.7 Å². The van der Waals surface area contributed by atoms with Crippen molar-refractivity contribution in [3.05, 3.63) is 45.3 Å². The molecule has 162 valence electrons. The van der Waals surface area contributed by atoms with Crippen molar-refractivity contribution in [3.63, 3.8) is 0 Å². The van der Waals surface area contributed by atoms with E-state index in [1.54, 1.807) is 24.3 Å². The minimum atomic E-state index is -0.553. The highest BCUT2D eigenvalue weighted by molar-refractivity contribution is 6.23. The number of aromatic nitrogens is 2. The molecule has 0 radical (unpaired) electrons. The molecule has 4 rings (SSSR count). The molecule has 0 saturated carbocycles. The number of nitrogens with zero attached hydrogens (tertiary/aromatic N) is 3. The van der Waals surface area contributed by atoms with Crippen LogP contribution >= 0.6 is 0 Å². The van der Waals surface area contributed by atoms with Gasteiger partial charge in [0.1, 0.15) is 5.75 Å². The van der Waals surface area contributed by atoms with Crippen LogP contribution in [0.25, 0.3) is 5.57 Å². The molecule has 1 fully saturated rings. The van der Waals surface area contributed by atoms with Crippen molar-refractivity contribution in [2.75, 3.05) is 29.9 Å². The summed E-state index contributed by atoms with van der Waals surface area (Å²) in [6.07, 6.45) is 1.85. The highest BCUT2D eigenvalue weighted by Gasteiger charge is 2.25. The minimum absolute atomic E-state index is 0.00327. The van der Waals surface area contributed by atoms with Crippen LogP contribution in [0.2, 0.25) is 0 Å². The summed E-state index contributed by atoms with van der Waals surface area (Å²) in [7, 11) is 0. The molecule has 1 unspecified atom stereocenters. The van der Waals surface area contributed by atoms with E-state index in [1.165, 1.54) is 0 Å². The van der Waals surface area contributed by atoms with Gasteiger partial charge in [-0.3, -0.25) is 19.4 Å². The Balaban J connectivity index is 1.75. The number of ether oxygens (including phenoxy) is 1. The maximum atomic E-state index is 13.0. The zero-order valence-corrected chi connectivity index (χ0v) is 17.6. The topological polar surface area (TPSA) is 117 Å². The zero-order chi connectivity index (χ0) is 22.0. The summed E-state index contributed by atoms with van der Waals surface area (Å²) in [4.78, 5) is 51.4. The summed E-state index contributed by atoms with van der Waals surface area (Å²) in [5.41, 5.74) is 0.0319. The molecule has 2 N–H and O–H groups in total. The van der Waals surface area contributed by atoms with Crippen molar-refractivity contribution < 1.29 is 14.3 Å². The first kappa shape index (κ1) is 20.8. The number of para-hydroxylation sites is 2. The van der Waals surface area contributed by atoms with Crippen molar-refractivity contribution >= 4 is 29.0 Å². The van der Waals surface area contributed by atoms with Crippen LogP contribution in [-0.2, 0) is 9.59 Å². The number of carbonyl (C=O) groups is 2. The summed E-state index contributed by atoms with van der Waals surface area (Å²) in [5.74, 6) is 0.310. The molecule has 31 heavy (non-hydrogen) atoms. The fraction of sp³-hybridized carbons (Fsp3) is 0.409. The number of aromatic amines is 1. The number of hydrogen-bond acceptors (Lipinski definition) is 6. The quantitative estimate of drug-likeness (QED) is 0.733. The van der Waals surface area contributed by atoms with E-state index in [4.69, 9.17) is 4.74 Å². The third-order valence-electron chi connectivity index (χ3n) is 5.41. The van der Waals surface area contributed by atoms with E-state index < -0.39 is 17.4 Å². The molecule has 2 aromatic rings. The van der Waals surface area contributed by atoms with Gasteiger partial charge in [-0.25, -0.2) is 0 Å². The van der Waals surface area contributed by atoms with Crippen molar-refractivity contribution in [3.8, 4) is 5.75 Å². The van der Waals surface area contributed by atoms with Gasteiger partial charge in [0.2, 0.25) is 5.95 Å². The van der Waals surface area contributed by atoms with Gasteiger partial charge >= 0.3 is 0 Å². The Bertz CT molecular complexity index is 1200. The second-order valence-corrected chi connectivity index (χ2v) is 7.83. The average molecular weight is 423 g/mol. The Labute approximate surface area is 178 Å². The van der Waals surface area contributed by atoms with Crippen LogP contribution in [0.3, 0.4) is 0 Å². The number of benzene rings is 1. The standard InChI is InChI=1S/C22H25N5O4/c1-3-31-16-9-5-4-8-15(16)23-20(29)14-11-17(28)24-19-18(14)21(30)26-22(25-19)27-10-6-7-13(2)12-27/h4-5,8-9,13H,3,6-7,10-12H2,1-2H3,(H,23,29)(H,24,25,26,28,30). The predicted octanol–water partition coefficient (Wildman–Crippen LogP) is 0.744. The Kier molecular flexibility index (Phi) is 5.83. The fourth-order valence-electron chi connectivity index (χ4n) is 3.97. The average Bonchev–Trinajstić information content (AvgIpc) is 2.74. The Morgan fingerprint density at radius 3 is 2.90 bits per heavy atom. The SMILES string of the molecule is CCOc1ccccc1NC(=O)C1=c2c(nc(N3CCCC(C)C3)[nH]c2=O)=NC(=O)C1. The van der Waals surface area contributed by atoms with E-state index in [1.807, 2.05) is 11.8 Å². The predicted molar refractivity (Wildman–Crippen MR) is 116 cm³/mol. The Morgan fingerprint density at radius 2 is 2.13 bits per heavy atom. The van der Waals surface area contributed by atoms with Gasteiger partial charge < -0.3 is 15.0 Å². The van der Waals surface area contributed by atoms with E-state index in [0.29, 0.717) is 29.9 Å². The number of anilines is 2. The van der Waals surface area contributed by atoms with Crippen molar-refractivity contribution in [1.82, 2.24) is 9.97 Å². The molecular formula is C22H25N5O4. The van der Waals surface area contributed by atoms with Crippen LogP contribution in [0.5, 0.6) is 5.75 Å². The molecule has 2 aliphatic heterocycles. The van der Waals surface area contributed by atoms with Gasteiger partial charge in [0.25, 0.3) is 17.4 Å². The molecular weight excluding hydrogens is 398 g/mol. The van der Waals surface area contributed by atoms with E-state index >= 15 is 0 Å². The highest BCUT2D eigenvalue weighted by Crippen LogP contribution is 2.24. The minimum Gasteiger partial charge on any atom is -0.492 e. The Morgan fingerprint density at radius 1 is 1.32 bits per heavy atom. The number of amides is 2. The number of nitrogens with one attached hydrogen (secondary N) is 2. The first-order valence-corrected chi connectivity index (χ1v) is 10.5. The molecule has 1 aromatic carbocycles. The van der Waals surface area contributed by atoms with Crippen molar-refractivity contribution in [2.45, 2.75) is 33.1 Å². The molecule has 3 heterocycles. The molecule has 1 atom stereocenters. The van der Waals surface area contributed by atoms with Gasteiger partial charge in [0, 0.05) is 18.7 Å². The lowest BCUT2D eigenvalue weighted by Gasteiger charge is -2.31. The van der Waals surface area contributed by atoms with E-state index in [2.05, 4.69) is 27.2 Å². The van der Waals surface area contributed by atoms with Gasteiger partial charge in [-0.1, -0.05) is 19.1 Å². The third kappa shape index (κ3) is 4.35. The summed E-state index contributed by atoms with van der Waals surface area (Å²) < 4.78 is 5.54. The zero-order valence-electron chi connectivity index (χ0n) is 17.6. The van der Waals surface area contributed by atoms with Gasteiger partial charge in [-0.2, -0.15) is 9.98 Å². The molecule has 1 saturated heterocycles. The summed E-state index contributed by atoms with van der Waals surface area (Å²) in [6, 6.07) is 6.99. The first-order valence-electron chi connectivity index (χ1n) is 10.5. The normalized spacial score (nSPS) is 18.3. The molecule has 0 spiro atoms. The largest absolute Gasteiger partial charge is 0.492 e. The number of H-pyrrole nitrogens is 1. The number of carbonyl (C=O) groups excluding carboxylic acids is 2. The Hall–Kier alpha value is -3.49. The molecule has 0 aliphatic carbocycles. The van der Waals surface area contributed by atoms with Crippen LogP contribution < -0.4 is 31.2 Å². The highest BCUT2D eigenvalue weighted by atomic mass is 16.5. The summed E-state index contributed by atoms with van der Waals surface area (Å²) >= 11 is 0. The number of rotatable bonds is 5. The third-order valence-corrected chi connectivity index (χ3v) is 5.41. The summed E-state index contributed by atoms with van der Waals surface area (Å²) in [6.45, 7) is 5.96. The molecule has 1 aromatic heterocycles. The van der Waals surface area contributed by atoms with Gasteiger partial charge in [-0.15, -0.1) is 0 Å². The fourth-order valence-corrected chi connectivity index (χ4v) is 3.97. The van der Waals surface area contributed by atoms with Crippen LogP contribution in [-0.4, -0.2) is 41.5 Å². The first-order chi connectivity index (χ1) is 15.0. The second kappa shape index (κ2) is 8.71. The maximum absolute atomic E-state index is 13.0. The van der Waals surface area contributed by atoms with E-state index in [9.17, 15) is 14.4 Å². The lowest BCUT2D eigenvalue weighted by molar-refractivity contribution is -0.118. The molecule has 2 amide bonds. The molecule has 9 nitrogen and oxygen atoms in total. The second-order valence-electron chi connectivity index (χ2n) is 7.83. The van der Waals surface area contributed by atoms with E-state index in [0.717, 1.165) is 25.9 Å². The van der Waals surface area contributed by atoms with Gasteiger partial charge in [-0.05, 0) is 37.8 Å². The molecule has 9 heteroatoms. The van der Waals surface area contributed by atoms with Gasteiger partial charge in [0.05, 0.1) is 23.9 Å².